The van der Waals surface area contributed by atoms with Crippen LogP contribution in [0, 0.1) is 5.92 Å². The van der Waals surface area contributed by atoms with Gasteiger partial charge in [-0.2, -0.15) is 4.52 Å². The van der Waals surface area contributed by atoms with E-state index in [2.05, 4.69) is 20.6 Å². The van der Waals surface area contributed by atoms with Crippen molar-refractivity contribution in [2.24, 2.45) is 5.92 Å². The molecule has 0 fully saturated rings. The van der Waals surface area contributed by atoms with Gasteiger partial charge in [0.2, 0.25) is 11.8 Å². The number of ether oxygens (including phenoxy) is 1. The highest BCUT2D eigenvalue weighted by Crippen LogP contribution is 2.12. The largest absolute Gasteiger partial charge is 0.474 e. The number of carbonyl (C=O) groups is 1. The van der Waals surface area contributed by atoms with E-state index in [1.54, 1.807) is 16.6 Å². The topological polar surface area (TPSA) is 102 Å². The molecule has 2 atom stereocenters. The fraction of sp³-hybridized carbons (Fsp3) is 0.647. The molecule has 2 heterocycles. The van der Waals surface area contributed by atoms with Gasteiger partial charge in [-0.3, -0.25) is 4.79 Å². The third-order valence-corrected chi connectivity index (χ3v) is 4.11. The van der Waals surface area contributed by atoms with Crippen LogP contribution in [0.15, 0.2) is 12.1 Å². The van der Waals surface area contributed by atoms with Crippen LogP contribution >= 0.6 is 0 Å². The molecular weight excluding hydrogens is 322 g/mol. The van der Waals surface area contributed by atoms with Crippen molar-refractivity contribution in [1.82, 2.24) is 25.1 Å². The van der Waals surface area contributed by atoms with Gasteiger partial charge in [-0.05, 0) is 25.8 Å². The standard InChI is InChI=1S/C17H27N5O3/c1-5-12(4)13(10-23)18-16(24)8-6-14-19-20-15-7-9-17(21-22(14)15)25-11(2)3/h7,9,11-13,23H,5-6,8,10H2,1-4H3,(H,18,24)/t12-,13+/m0/s1. The Bertz CT molecular complexity index is 701. The van der Waals surface area contributed by atoms with Gasteiger partial charge in [-0.25, -0.2) is 0 Å². The maximum atomic E-state index is 12.2. The second kappa shape index (κ2) is 8.75. The molecule has 2 aromatic heterocycles. The molecule has 0 saturated carbocycles. The third kappa shape index (κ3) is 5.12. The highest BCUT2D eigenvalue weighted by atomic mass is 16.5. The number of hydrogen-bond donors (Lipinski definition) is 2. The maximum Gasteiger partial charge on any atom is 0.232 e. The Hall–Kier alpha value is -2.22. The Morgan fingerprint density at radius 1 is 1.32 bits per heavy atom. The summed E-state index contributed by atoms with van der Waals surface area (Å²) in [6.45, 7) is 7.83. The molecule has 8 heteroatoms. The van der Waals surface area contributed by atoms with Crippen LogP contribution in [0.25, 0.3) is 5.65 Å². The van der Waals surface area contributed by atoms with E-state index in [1.165, 1.54) is 0 Å². The number of amides is 1. The normalized spacial score (nSPS) is 13.8. The van der Waals surface area contributed by atoms with Crippen LogP contribution in [0.1, 0.15) is 46.4 Å². The summed E-state index contributed by atoms with van der Waals surface area (Å²) in [5, 5.41) is 24.8. The van der Waals surface area contributed by atoms with Gasteiger partial charge in [0.1, 0.15) is 0 Å². The molecule has 2 rings (SSSR count). The molecule has 0 aliphatic heterocycles. The van der Waals surface area contributed by atoms with E-state index < -0.39 is 0 Å². The van der Waals surface area contributed by atoms with Gasteiger partial charge >= 0.3 is 0 Å². The molecule has 1 amide bonds. The van der Waals surface area contributed by atoms with Crippen molar-refractivity contribution in [3.63, 3.8) is 0 Å². The van der Waals surface area contributed by atoms with E-state index in [0.717, 1.165) is 6.42 Å². The van der Waals surface area contributed by atoms with E-state index >= 15 is 0 Å². The van der Waals surface area contributed by atoms with Crippen molar-refractivity contribution >= 4 is 11.6 Å². The lowest BCUT2D eigenvalue weighted by Crippen LogP contribution is -2.42. The second-order valence-electron chi connectivity index (χ2n) is 6.47. The number of fused-ring (bicyclic) bond motifs is 1. The highest BCUT2D eigenvalue weighted by molar-refractivity contribution is 5.76. The average Bonchev–Trinajstić information content (AvgIpc) is 2.99. The summed E-state index contributed by atoms with van der Waals surface area (Å²) in [7, 11) is 0. The third-order valence-electron chi connectivity index (χ3n) is 4.11. The Balaban J connectivity index is 2.01. The predicted molar refractivity (Wildman–Crippen MR) is 93.3 cm³/mol. The van der Waals surface area contributed by atoms with E-state index in [-0.39, 0.29) is 37.0 Å². The number of nitrogens with one attached hydrogen (secondary N) is 1. The van der Waals surface area contributed by atoms with Gasteiger partial charge < -0.3 is 15.2 Å². The zero-order valence-electron chi connectivity index (χ0n) is 15.3. The zero-order chi connectivity index (χ0) is 18.4. The van der Waals surface area contributed by atoms with Crippen molar-refractivity contribution in [2.45, 2.75) is 59.1 Å². The van der Waals surface area contributed by atoms with Gasteiger partial charge in [-0.1, -0.05) is 20.3 Å². The van der Waals surface area contributed by atoms with E-state index in [9.17, 15) is 9.90 Å². The Morgan fingerprint density at radius 2 is 2.08 bits per heavy atom. The van der Waals surface area contributed by atoms with E-state index in [4.69, 9.17) is 4.74 Å². The van der Waals surface area contributed by atoms with Gasteiger partial charge in [0.25, 0.3) is 0 Å². The van der Waals surface area contributed by atoms with Crippen LogP contribution < -0.4 is 10.1 Å². The summed E-state index contributed by atoms with van der Waals surface area (Å²) in [5.74, 6) is 1.19. The Kier molecular flexibility index (Phi) is 6.69. The number of hydrogen-bond acceptors (Lipinski definition) is 6. The summed E-state index contributed by atoms with van der Waals surface area (Å²) in [6, 6.07) is 3.31. The number of aliphatic hydroxyl groups is 1. The first-order valence-corrected chi connectivity index (χ1v) is 8.72. The monoisotopic (exact) mass is 349 g/mol. The second-order valence-corrected chi connectivity index (χ2v) is 6.47. The lowest BCUT2D eigenvalue weighted by Gasteiger charge is -2.21. The minimum absolute atomic E-state index is 0.0200. The smallest absolute Gasteiger partial charge is 0.232 e. The Morgan fingerprint density at radius 3 is 2.72 bits per heavy atom. The molecule has 0 bridgehead atoms. The minimum atomic E-state index is -0.225. The number of nitrogens with zero attached hydrogens (tertiary/aromatic N) is 4. The SMILES string of the molecule is CC[C@H](C)[C@@H](CO)NC(=O)CCc1nnc2ccc(OC(C)C)nn12. The van der Waals surface area contributed by atoms with Crippen LogP contribution in [-0.4, -0.2) is 49.6 Å². The van der Waals surface area contributed by atoms with Gasteiger partial charge in [0, 0.05) is 18.9 Å². The Labute approximate surface area is 147 Å². The molecule has 0 unspecified atom stereocenters. The zero-order valence-corrected chi connectivity index (χ0v) is 15.3. The fourth-order valence-electron chi connectivity index (χ4n) is 2.43. The van der Waals surface area contributed by atoms with Crippen molar-refractivity contribution in [1.29, 1.82) is 0 Å². The number of rotatable bonds is 9. The molecule has 0 aliphatic rings. The van der Waals surface area contributed by atoms with E-state index in [0.29, 0.717) is 23.8 Å². The number of carbonyl (C=O) groups excluding carboxylic acids is 1. The molecule has 138 valence electrons. The molecule has 0 saturated heterocycles. The van der Waals surface area contributed by atoms with Crippen LogP contribution in [0.4, 0.5) is 0 Å². The molecule has 8 nitrogen and oxygen atoms in total. The lowest BCUT2D eigenvalue weighted by molar-refractivity contribution is -0.122. The van der Waals surface area contributed by atoms with Gasteiger partial charge in [0.05, 0.1) is 18.8 Å². The molecule has 2 aromatic rings. The number of aromatic nitrogens is 4. The minimum Gasteiger partial charge on any atom is -0.474 e. The predicted octanol–water partition coefficient (Wildman–Crippen LogP) is 1.37. The van der Waals surface area contributed by atoms with Crippen molar-refractivity contribution in [2.75, 3.05) is 6.61 Å². The molecular formula is C17H27N5O3. The van der Waals surface area contributed by atoms with Crippen LogP contribution in [0.2, 0.25) is 0 Å². The summed E-state index contributed by atoms with van der Waals surface area (Å²) in [4.78, 5) is 12.2. The lowest BCUT2D eigenvalue weighted by atomic mass is 10.00. The first kappa shape index (κ1) is 19.1. The molecule has 0 spiro atoms. The van der Waals surface area contributed by atoms with Gasteiger partial charge in [0.15, 0.2) is 11.5 Å². The number of aryl methyl sites for hydroxylation is 1. The number of aliphatic hydroxyl groups excluding tert-OH is 1. The van der Waals surface area contributed by atoms with Crippen molar-refractivity contribution in [3.05, 3.63) is 18.0 Å². The van der Waals surface area contributed by atoms with Gasteiger partial charge in [-0.15, -0.1) is 15.3 Å². The fourth-order valence-corrected chi connectivity index (χ4v) is 2.43. The molecule has 0 aromatic carbocycles. The molecule has 25 heavy (non-hydrogen) atoms. The summed E-state index contributed by atoms with van der Waals surface area (Å²) >= 11 is 0. The first-order valence-electron chi connectivity index (χ1n) is 8.72. The molecule has 0 radical (unpaired) electrons. The van der Waals surface area contributed by atoms with Crippen LogP contribution in [-0.2, 0) is 11.2 Å². The summed E-state index contributed by atoms with van der Waals surface area (Å²) in [5.41, 5.74) is 0.611. The quantitative estimate of drug-likeness (QED) is 0.709. The van der Waals surface area contributed by atoms with Crippen LogP contribution in [0.3, 0.4) is 0 Å². The van der Waals surface area contributed by atoms with Crippen molar-refractivity contribution < 1.29 is 14.6 Å². The average molecular weight is 349 g/mol. The molecule has 0 aliphatic carbocycles. The summed E-state index contributed by atoms with van der Waals surface area (Å²) < 4.78 is 7.18. The maximum absolute atomic E-state index is 12.2. The summed E-state index contributed by atoms with van der Waals surface area (Å²) in [6.07, 6.45) is 1.57. The van der Waals surface area contributed by atoms with Crippen molar-refractivity contribution in [3.8, 4) is 5.88 Å². The highest BCUT2D eigenvalue weighted by Gasteiger charge is 2.18. The molecule has 2 N–H and O–H groups in total. The van der Waals surface area contributed by atoms with Crippen LogP contribution in [0.5, 0.6) is 5.88 Å². The first-order chi connectivity index (χ1) is 11.9. The van der Waals surface area contributed by atoms with E-state index in [1.807, 2.05) is 27.7 Å².